The van der Waals surface area contributed by atoms with Crippen molar-refractivity contribution in [3.8, 4) is 11.1 Å². The SMILES string of the molecule is Nc1ccc(-c2cccc3ncc4ccccc4c23)c2ccccc12. The van der Waals surface area contributed by atoms with Gasteiger partial charge in [-0.15, -0.1) is 0 Å². The third-order valence-corrected chi connectivity index (χ3v) is 4.86. The van der Waals surface area contributed by atoms with Crippen LogP contribution >= 0.6 is 0 Å². The highest BCUT2D eigenvalue weighted by atomic mass is 14.6. The highest BCUT2D eigenvalue weighted by Crippen LogP contribution is 2.38. The molecule has 0 aliphatic carbocycles. The number of anilines is 1. The molecule has 0 saturated heterocycles. The molecule has 0 radical (unpaired) electrons. The van der Waals surface area contributed by atoms with Gasteiger partial charge in [0, 0.05) is 28.0 Å². The molecule has 118 valence electrons. The molecule has 2 nitrogen and oxygen atoms in total. The Hall–Kier alpha value is -3.39. The van der Waals surface area contributed by atoms with Crippen molar-refractivity contribution in [3.63, 3.8) is 0 Å². The van der Waals surface area contributed by atoms with Gasteiger partial charge in [0.15, 0.2) is 0 Å². The van der Waals surface area contributed by atoms with Crippen LogP contribution in [0.3, 0.4) is 0 Å². The molecular weight excluding hydrogens is 304 g/mol. The van der Waals surface area contributed by atoms with E-state index in [1.807, 2.05) is 18.3 Å². The van der Waals surface area contributed by atoms with Gasteiger partial charge in [-0.3, -0.25) is 4.98 Å². The maximum atomic E-state index is 6.19. The summed E-state index contributed by atoms with van der Waals surface area (Å²) < 4.78 is 0. The average Bonchev–Trinajstić information content (AvgIpc) is 2.68. The maximum absolute atomic E-state index is 6.19. The molecule has 0 fully saturated rings. The zero-order chi connectivity index (χ0) is 16.8. The largest absolute Gasteiger partial charge is 0.398 e. The second kappa shape index (κ2) is 5.32. The van der Waals surface area contributed by atoms with Crippen LogP contribution in [0.2, 0.25) is 0 Å². The Balaban J connectivity index is 1.97. The van der Waals surface area contributed by atoms with E-state index < -0.39 is 0 Å². The van der Waals surface area contributed by atoms with E-state index in [1.54, 1.807) is 0 Å². The van der Waals surface area contributed by atoms with Gasteiger partial charge in [0.1, 0.15) is 0 Å². The number of nitrogen functional groups attached to an aromatic ring is 1. The fraction of sp³-hybridized carbons (Fsp3) is 0. The number of nitrogens with zero attached hydrogens (tertiary/aromatic N) is 1. The van der Waals surface area contributed by atoms with Crippen molar-refractivity contribution in [1.82, 2.24) is 4.98 Å². The molecule has 0 bridgehead atoms. The molecule has 5 aromatic rings. The maximum Gasteiger partial charge on any atom is 0.0714 e. The number of aromatic nitrogens is 1. The molecule has 0 saturated carbocycles. The molecule has 0 aliphatic heterocycles. The Labute approximate surface area is 145 Å². The Morgan fingerprint density at radius 3 is 2.24 bits per heavy atom. The van der Waals surface area contributed by atoms with Gasteiger partial charge in [-0.1, -0.05) is 66.7 Å². The zero-order valence-corrected chi connectivity index (χ0v) is 13.6. The van der Waals surface area contributed by atoms with Crippen LogP contribution in [0.25, 0.3) is 43.6 Å². The average molecular weight is 320 g/mol. The molecule has 0 unspecified atom stereocenters. The van der Waals surface area contributed by atoms with Gasteiger partial charge in [0.2, 0.25) is 0 Å². The Kier molecular flexibility index (Phi) is 2.98. The lowest BCUT2D eigenvalue weighted by atomic mass is 9.92. The second-order valence-electron chi connectivity index (χ2n) is 6.29. The van der Waals surface area contributed by atoms with Crippen LogP contribution in [0, 0.1) is 0 Å². The van der Waals surface area contributed by atoms with Crippen molar-refractivity contribution in [3.05, 3.63) is 85.1 Å². The van der Waals surface area contributed by atoms with Gasteiger partial charge in [-0.25, -0.2) is 0 Å². The molecule has 4 aromatic carbocycles. The molecule has 1 heterocycles. The minimum Gasteiger partial charge on any atom is -0.398 e. The summed E-state index contributed by atoms with van der Waals surface area (Å²) in [6.45, 7) is 0. The first kappa shape index (κ1) is 14.0. The molecule has 0 atom stereocenters. The van der Waals surface area contributed by atoms with Crippen molar-refractivity contribution in [2.75, 3.05) is 5.73 Å². The molecule has 2 heteroatoms. The summed E-state index contributed by atoms with van der Waals surface area (Å²) in [7, 11) is 0. The Morgan fingerprint density at radius 2 is 1.36 bits per heavy atom. The number of rotatable bonds is 1. The second-order valence-corrected chi connectivity index (χ2v) is 6.29. The molecular formula is C23H16N2. The van der Waals surface area contributed by atoms with Crippen LogP contribution < -0.4 is 5.73 Å². The molecule has 0 spiro atoms. The van der Waals surface area contributed by atoms with E-state index in [0.717, 1.165) is 22.0 Å². The quantitative estimate of drug-likeness (QED) is 0.313. The topological polar surface area (TPSA) is 38.9 Å². The summed E-state index contributed by atoms with van der Waals surface area (Å²) in [6, 6.07) is 27.2. The van der Waals surface area contributed by atoms with E-state index in [9.17, 15) is 0 Å². The lowest BCUT2D eigenvalue weighted by Gasteiger charge is -2.13. The van der Waals surface area contributed by atoms with Crippen molar-refractivity contribution in [1.29, 1.82) is 0 Å². The molecule has 2 N–H and O–H groups in total. The minimum atomic E-state index is 0.808. The highest BCUT2D eigenvalue weighted by molar-refractivity contribution is 6.16. The van der Waals surface area contributed by atoms with Gasteiger partial charge in [-0.2, -0.15) is 0 Å². The third kappa shape index (κ3) is 2.08. The first-order chi connectivity index (χ1) is 12.3. The summed E-state index contributed by atoms with van der Waals surface area (Å²) in [5.74, 6) is 0. The summed E-state index contributed by atoms with van der Waals surface area (Å²) in [4.78, 5) is 4.67. The highest BCUT2D eigenvalue weighted by Gasteiger charge is 2.12. The van der Waals surface area contributed by atoms with E-state index in [0.29, 0.717) is 0 Å². The van der Waals surface area contributed by atoms with Gasteiger partial charge < -0.3 is 5.73 Å². The van der Waals surface area contributed by atoms with Gasteiger partial charge >= 0.3 is 0 Å². The summed E-state index contributed by atoms with van der Waals surface area (Å²) in [6.07, 6.45) is 1.95. The summed E-state index contributed by atoms with van der Waals surface area (Å²) in [5, 5.41) is 5.83. The van der Waals surface area contributed by atoms with Crippen molar-refractivity contribution < 1.29 is 0 Å². The molecule has 5 rings (SSSR count). The number of nitrogens with two attached hydrogens (primary N) is 1. The number of hydrogen-bond donors (Lipinski definition) is 1. The third-order valence-electron chi connectivity index (χ3n) is 4.86. The van der Waals surface area contributed by atoms with Crippen LogP contribution in [0.15, 0.2) is 85.1 Å². The first-order valence-electron chi connectivity index (χ1n) is 8.37. The Bertz CT molecular complexity index is 1260. The van der Waals surface area contributed by atoms with Gasteiger partial charge in [0.05, 0.1) is 5.52 Å². The van der Waals surface area contributed by atoms with Crippen LogP contribution in [0.4, 0.5) is 5.69 Å². The normalized spacial score (nSPS) is 11.4. The first-order valence-corrected chi connectivity index (χ1v) is 8.37. The van der Waals surface area contributed by atoms with Crippen LogP contribution in [0.1, 0.15) is 0 Å². The van der Waals surface area contributed by atoms with Crippen molar-refractivity contribution in [2.24, 2.45) is 0 Å². The zero-order valence-electron chi connectivity index (χ0n) is 13.6. The lowest BCUT2D eigenvalue weighted by Crippen LogP contribution is -1.91. The summed E-state index contributed by atoms with van der Waals surface area (Å²) >= 11 is 0. The van der Waals surface area contributed by atoms with Crippen LogP contribution in [-0.4, -0.2) is 4.98 Å². The van der Waals surface area contributed by atoms with Crippen LogP contribution in [-0.2, 0) is 0 Å². The summed E-state index contributed by atoms with van der Waals surface area (Å²) in [5.41, 5.74) is 10.4. The number of benzene rings is 4. The van der Waals surface area contributed by atoms with E-state index >= 15 is 0 Å². The molecule has 0 aliphatic rings. The smallest absolute Gasteiger partial charge is 0.0714 e. The monoisotopic (exact) mass is 320 g/mol. The van der Waals surface area contributed by atoms with E-state index in [2.05, 4.69) is 71.7 Å². The van der Waals surface area contributed by atoms with Crippen molar-refractivity contribution >= 4 is 38.1 Å². The number of hydrogen-bond acceptors (Lipinski definition) is 2. The van der Waals surface area contributed by atoms with Gasteiger partial charge in [0.25, 0.3) is 0 Å². The minimum absolute atomic E-state index is 0.808. The molecule has 1 aromatic heterocycles. The molecule has 25 heavy (non-hydrogen) atoms. The van der Waals surface area contributed by atoms with E-state index in [4.69, 9.17) is 5.73 Å². The number of pyridine rings is 1. The van der Waals surface area contributed by atoms with E-state index in [-0.39, 0.29) is 0 Å². The van der Waals surface area contributed by atoms with Crippen LogP contribution in [0.5, 0.6) is 0 Å². The predicted molar refractivity (Wildman–Crippen MR) is 107 cm³/mol. The predicted octanol–water partition coefficient (Wildman–Crippen LogP) is 5.79. The Morgan fingerprint density at radius 1 is 0.600 bits per heavy atom. The van der Waals surface area contributed by atoms with E-state index in [1.165, 1.54) is 27.3 Å². The fourth-order valence-electron chi connectivity index (χ4n) is 3.69. The fourth-order valence-corrected chi connectivity index (χ4v) is 3.69. The standard InChI is InChI=1S/C23H16N2/c24-21-13-12-18(17-8-3-4-9-19(17)21)20-10-5-11-22-23(20)16-7-2-1-6-15(16)14-25-22/h1-14H,24H2. The lowest BCUT2D eigenvalue weighted by molar-refractivity contribution is 1.44. The van der Waals surface area contributed by atoms with Crippen molar-refractivity contribution in [2.45, 2.75) is 0 Å². The van der Waals surface area contributed by atoms with Gasteiger partial charge in [-0.05, 0) is 34.0 Å². The number of fused-ring (bicyclic) bond motifs is 4. The molecule has 0 amide bonds.